The minimum atomic E-state index is -0.445. The summed E-state index contributed by atoms with van der Waals surface area (Å²) >= 11 is 0. The van der Waals surface area contributed by atoms with E-state index in [1.807, 2.05) is 12.1 Å². The van der Waals surface area contributed by atoms with Crippen LogP contribution in [0.15, 0.2) is 42.5 Å². The summed E-state index contributed by atoms with van der Waals surface area (Å²) < 4.78 is 5.57. The predicted octanol–water partition coefficient (Wildman–Crippen LogP) is 4.27. The molecule has 1 aliphatic rings. The molecule has 1 N–H and O–H groups in total. The Hall–Kier alpha value is -2.73. The molecule has 1 heterocycles. The maximum absolute atomic E-state index is 11.6. The van der Waals surface area contributed by atoms with Crippen LogP contribution in [0.1, 0.15) is 41.3 Å². The molecule has 1 saturated heterocycles. The van der Waals surface area contributed by atoms with Crippen LogP contribution in [-0.2, 0) is 10.2 Å². The second-order valence-electron chi connectivity index (χ2n) is 7.11. The van der Waals surface area contributed by atoms with Crippen LogP contribution in [0.4, 0.5) is 11.4 Å². The molecule has 0 atom stereocenters. The van der Waals surface area contributed by atoms with Gasteiger partial charge in [0.15, 0.2) is 5.78 Å². The number of hydrogen-bond acceptors (Lipinski definition) is 5. The largest absolute Gasteiger partial charge is 0.381 e. The van der Waals surface area contributed by atoms with Crippen LogP contribution in [0.3, 0.4) is 0 Å². The lowest BCUT2D eigenvalue weighted by Crippen LogP contribution is -2.40. The number of nitro benzene ring substituents is 1. The van der Waals surface area contributed by atoms with Crippen LogP contribution in [-0.4, -0.2) is 30.5 Å². The van der Waals surface area contributed by atoms with Crippen molar-refractivity contribution in [2.45, 2.75) is 32.1 Å². The van der Waals surface area contributed by atoms with Gasteiger partial charge in [0, 0.05) is 36.8 Å². The summed E-state index contributed by atoms with van der Waals surface area (Å²) in [5, 5.41) is 14.8. The summed E-state index contributed by atoms with van der Waals surface area (Å²) in [6, 6.07) is 12.9. The van der Waals surface area contributed by atoms with Gasteiger partial charge in [0.1, 0.15) is 5.69 Å². The zero-order valence-corrected chi connectivity index (χ0v) is 15.7. The van der Waals surface area contributed by atoms with Crippen molar-refractivity contribution in [1.29, 1.82) is 0 Å². The standard InChI is InChI=1S/C21H24N2O4/c1-15-5-3-4-6-18(15)21(9-11-27-12-10-21)14-22-19-8-7-17(16(2)24)13-20(19)23(25)26/h3-8,13,22H,9-12,14H2,1-2H3. The Morgan fingerprint density at radius 1 is 1.22 bits per heavy atom. The Labute approximate surface area is 158 Å². The number of aryl methyl sites for hydroxylation is 1. The minimum absolute atomic E-state index is 0.0744. The van der Waals surface area contributed by atoms with Crippen molar-refractivity contribution >= 4 is 17.2 Å². The lowest BCUT2D eigenvalue weighted by molar-refractivity contribution is -0.384. The van der Waals surface area contributed by atoms with Crippen LogP contribution in [0, 0.1) is 17.0 Å². The van der Waals surface area contributed by atoms with E-state index in [0.29, 0.717) is 31.0 Å². The number of ketones is 1. The van der Waals surface area contributed by atoms with Crippen molar-refractivity contribution in [3.8, 4) is 0 Å². The van der Waals surface area contributed by atoms with Crippen LogP contribution in [0.25, 0.3) is 0 Å². The number of Topliss-reactive ketones (excluding diaryl/α,β-unsaturated/α-hetero) is 1. The van der Waals surface area contributed by atoms with Crippen molar-refractivity contribution in [3.63, 3.8) is 0 Å². The third-order valence-electron chi connectivity index (χ3n) is 5.38. The maximum Gasteiger partial charge on any atom is 0.293 e. The van der Waals surface area contributed by atoms with E-state index in [4.69, 9.17) is 4.74 Å². The fourth-order valence-corrected chi connectivity index (χ4v) is 3.79. The zero-order chi connectivity index (χ0) is 19.4. The SMILES string of the molecule is CC(=O)c1ccc(NCC2(c3ccccc3C)CCOCC2)c([N+](=O)[O-])c1. The first-order valence-corrected chi connectivity index (χ1v) is 9.10. The molecule has 6 nitrogen and oxygen atoms in total. The molecule has 3 rings (SSSR count). The monoisotopic (exact) mass is 368 g/mol. The topological polar surface area (TPSA) is 81.5 Å². The van der Waals surface area contributed by atoms with E-state index < -0.39 is 4.92 Å². The van der Waals surface area contributed by atoms with Gasteiger partial charge in [-0.25, -0.2) is 0 Å². The molecule has 0 aromatic heterocycles. The van der Waals surface area contributed by atoms with Crippen molar-refractivity contribution in [2.75, 3.05) is 25.1 Å². The van der Waals surface area contributed by atoms with Gasteiger partial charge in [0.25, 0.3) is 5.69 Å². The van der Waals surface area contributed by atoms with Gasteiger partial charge in [0.05, 0.1) is 4.92 Å². The number of carbonyl (C=O) groups is 1. The van der Waals surface area contributed by atoms with E-state index in [0.717, 1.165) is 12.8 Å². The molecule has 0 bridgehead atoms. The molecule has 0 aliphatic carbocycles. The molecule has 6 heteroatoms. The van der Waals surface area contributed by atoms with Gasteiger partial charge in [0.2, 0.25) is 0 Å². The highest BCUT2D eigenvalue weighted by Gasteiger charge is 2.35. The van der Waals surface area contributed by atoms with Gasteiger partial charge in [-0.2, -0.15) is 0 Å². The quantitative estimate of drug-likeness (QED) is 0.468. The number of nitro groups is 1. The molecule has 2 aromatic rings. The van der Waals surface area contributed by atoms with Crippen molar-refractivity contribution in [3.05, 3.63) is 69.3 Å². The summed E-state index contributed by atoms with van der Waals surface area (Å²) in [7, 11) is 0. The molecule has 27 heavy (non-hydrogen) atoms. The van der Waals surface area contributed by atoms with E-state index in [9.17, 15) is 14.9 Å². The van der Waals surface area contributed by atoms with E-state index in [-0.39, 0.29) is 16.9 Å². The van der Waals surface area contributed by atoms with Crippen LogP contribution in [0.2, 0.25) is 0 Å². The highest BCUT2D eigenvalue weighted by molar-refractivity contribution is 5.95. The predicted molar refractivity (Wildman–Crippen MR) is 105 cm³/mol. The minimum Gasteiger partial charge on any atom is -0.381 e. The molecule has 142 valence electrons. The van der Waals surface area contributed by atoms with Crippen molar-refractivity contribution in [1.82, 2.24) is 0 Å². The van der Waals surface area contributed by atoms with Crippen LogP contribution < -0.4 is 5.32 Å². The number of anilines is 1. The third-order valence-corrected chi connectivity index (χ3v) is 5.38. The summed E-state index contributed by atoms with van der Waals surface area (Å²) in [4.78, 5) is 22.6. The average molecular weight is 368 g/mol. The average Bonchev–Trinajstić information content (AvgIpc) is 2.67. The van der Waals surface area contributed by atoms with Gasteiger partial charge < -0.3 is 10.1 Å². The van der Waals surface area contributed by atoms with Gasteiger partial charge >= 0.3 is 0 Å². The molecule has 0 unspecified atom stereocenters. The van der Waals surface area contributed by atoms with Gasteiger partial charge in [-0.3, -0.25) is 14.9 Å². The van der Waals surface area contributed by atoms with Gasteiger partial charge in [-0.05, 0) is 49.9 Å². The summed E-state index contributed by atoms with van der Waals surface area (Å²) in [6.45, 7) is 5.41. The second kappa shape index (κ2) is 7.88. The van der Waals surface area contributed by atoms with Gasteiger partial charge in [-0.1, -0.05) is 24.3 Å². The highest BCUT2D eigenvalue weighted by Crippen LogP contribution is 2.38. The first kappa shape index (κ1) is 19.0. The fraction of sp³-hybridized carbons (Fsp3) is 0.381. The summed E-state index contributed by atoms with van der Waals surface area (Å²) in [5.74, 6) is -0.189. The molecule has 1 fully saturated rings. The Morgan fingerprint density at radius 2 is 1.93 bits per heavy atom. The van der Waals surface area contributed by atoms with E-state index in [2.05, 4.69) is 24.4 Å². The first-order chi connectivity index (χ1) is 12.9. The number of rotatable bonds is 6. The first-order valence-electron chi connectivity index (χ1n) is 9.10. The summed E-state index contributed by atoms with van der Waals surface area (Å²) in [5.41, 5.74) is 3.02. The zero-order valence-electron chi connectivity index (χ0n) is 15.7. The number of ether oxygens (including phenoxy) is 1. The normalized spacial score (nSPS) is 15.9. The number of nitrogens with zero attached hydrogens (tertiary/aromatic N) is 1. The molecule has 2 aromatic carbocycles. The number of carbonyl (C=O) groups excluding carboxylic acids is 1. The van der Waals surface area contributed by atoms with Crippen LogP contribution in [0.5, 0.6) is 0 Å². The molecule has 0 saturated carbocycles. The number of benzene rings is 2. The van der Waals surface area contributed by atoms with E-state index >= 15 is 0 Å². The molecule has 0 spiro atoms. The Balaban J connectivity index is 1.92. The van der Waals surface area contributed by atoms with E-state index in [1.54, 1.807) is 12.1 Å². The number of nitrogens with one attached hydrogen (secondary N) is 1. The third kappa shape index (κ3) is 4.01. The Kier molecular flexibility index (Phi) is 5.56. The lowest BCUT2D eigenvalue weighted by Gasteiger charge is -2.39. The van der Waals surface area contributed by atoms with Crippen LogP contribution >= 0.6 is 0 Å². The second-order valence-corrected chi connectivity index (χ2v) is 7.11. The number of hydrogen-bond donors (Lipinski definition) is 1. The van der Waals surface area contributed by atoms with Crippen molar-refractivity contribution < 1.29 is 14.5 Å². The smallest absolute Gasteiger partial charge is 0.293 e. The van der Waals surface area contributed by atoms with Crippen molar-refractivity contribution in [2.24, 2.45) is 0 Å². The Morgan fingerprint density at radius 3 is 2.56 bits per heavy atom. The molecular formula is C21H24N2O4. The molecule has 0 radical (unpaired) electrons. The lowest BCUT2D eigenvalue weighted by atomic mass is 9.72. The molecular weight excluding hydrogens is 344 g/mol. The fourth-order valence-electron chi connectivity index (χ4n) is 3.79. The molecule has 1 aliphatic heterocycles. The Bertz CT molecular complexity index is 857. The highest BCUT2D eigenvalue weighted by atomic mass is 16.6. The van der Waals surface area contributed by atoms with Gasteiger partial charge in [-0.15, -0.1) is 0 Å². The molecule has 0 amide bonds. The van der Waals surface area contributed by atoms with E-state index in [1.165, 1.54) is 24.1 Å². The summed E-state index contributed by atoms with van der Waals surface area (Å²) in [6.07, 6.45) is 1.70. The maximum atomic E-state index is 11.6.